The molecule has 0 radical (unpaired) electrons. The first-order valence-corrected chi connectivity index (χ1v) is 13.5. The van der Waals surface area contributed by atoms with Crippen molar-refractivity contribution in [1.82, 2.24) is 15.1 Å². The molecule has 190 valence electrons. The zero-order valence-corrected chi connectivity index (χ0v) is 21.1. The monoisotopic (exact) mass is 487 g/mol. The van der Waals surface area contributed by atoms with Crippen LogP contribution in [0.2, 0.25) is 0 Å². The minimum atomic E-state index is -0.370. The lowest BCUT2D eigenvalue weighted by molar-refractivity contribution is -0.140. The van der Waals surface area contributed by atoms with Gasteiger partial charge in [0.2, 0.25) is 17.7 Å². The molecule has 6 heteroatoms. The van der Waals surface area contributed by atoms with Crippen molar-refractivity contribution in [2.75, 3.05) is 26.2 Å². The molecule has 3 fully saturated rings. The summed E-state index contributed by atoms with van der Waals surface area (Å²) in [6, 6.07) is 18.8. The molecule has 5 rings (SSSR count). The van der Waals surface area contributed by atoms with Crippen molar-refractivity contribution in [2.24, 2.45) is 5.92 Å². The number of benzene rings is 2. The Morgan fingerprint density at radius 1 is 0.861 bits per heavy atom. The minimum Gasteiger partial charge on any atom is -0.350 e. The van der Waals surface area contributed by atoms with Gasteiger partial charge in [0, 0.05) is 50.5 Å². The number of hydrogen-bond acceptors (Lipinski definition) is 3. The average Bonchev–Trinajstić information content (AvgIpc) is 3.59. The second kappa shape index (κ2) is 10.9. The molecule has 0 unspecified atom stereocenters. The smallest absolute Gasteiger partial charge is 0.225 e. The zero-order valence-electron chi connectivity index (χ0n) is 21.1. The number of hydrogen-bond donors (Lipinski definition) is 1. The first-order chi connectivity index (χ1) is 17.5. The molecular weight excluding hydrogens is 450 g/mol. The summed E-state index contributed by atoms with van der Waals surface area (Å²) in [4.78, 5) is 41.9. The molecule has 0 aromatic heterocycles. The van der Waals surface area contributed by atoms with E-state index < -0.39 is 0 Å². The van der Waals surface area contributed by atoms with E-state index >= 15 is 0 Å². The fourth-order valence-electron chi connectivity index (χ4n) is 6.09. The van der Waals surface area contributed by atoms with E-state index in [0.29, 0.717) is 32.4 Å². The lowest BCUT2D eigenvalue weighted by atomic mass is 9.84. The van der Waals surface area contributed by atoms with Gasteiger partial charge in [-0.15, -0.1) is 0 Å². The molecule has 2 aromatic rings. The van der Waals surface area contributed by atoms with Crippen LogP contribution in [0.4, 0.5) is 0 Å². The molecule has 2 aromatic carbocycles. The summed E-state index contributed by atoms with van der Waals surface area (Å²) < 4.78 is 0. The maximum Gasteiger partial charge on any atom is 0.225 e. The van der Waals surface area contributed by atoms with E-state index in [1.54, 1.807) is 0 Å². The minimum absolute atomic E-state index is 0.0615. The highest BCUT2D eigenvalue weighted by molar-refractivity contribution is 5.81. The van der Waals surface area contributed by atoms with Gasteiger partial charge in [0.15, 0.2) is 0 Å². The van der Waals surface area contributed by atoms with Gasteiger partial charge in [0.05, 0.1) is 0 Å². The number of amides is 3. The number of rotatable bonds is 7. The molecule has 1 N–H and O–H groups in total. The third-order valence-electron chi connectivity index (χ3n) is 8.27. The Bertz CT molecular complexity index is 1070. The van der Waals surface area contributed by atoms with Crippen LogP contribution in [0.5, 0.6) is 0 Å². The Balaban J connectivity index is 1.16. The Morgan fingerprint density at radius 3 is 2.17 bits per heavy atom. The largest absolute Gasteiger partial charge is 0.350 e. The molecule has 0 aliphatic carbocycles. The van der Waals surface area contributed by atoms with E-state index in [1.807, 2.05) is 28.0 Å². The molecule has 3 heterocycles. The summed E-state index contributed by atoms with van der Waals surface area (Å²) in [5, 5.41) is 3.21. The molecule has 3 saturated heterocycles. The highest BCUT2D eigenvalue weighted by atomic mass is 16.2. The first-order valence-electron chi connectivity index (χ1n) is 13.5. The first kappa shape index (κ1) is 24.5. The van der Waals surface area contributed by atoms with Crippen molar-refractivity contribution >= 4 is 17.7 Å². The van der Waals surface area contributed by atoms with Crippen molar-refractivity contribution in [3.63, 3.8) is 0 Å². The predicted molar refractivity (Wildman–Crippen MR) is 140 cm³/mol. The van der Waals surface area contributed by atoms with Crippen molar-refractivity contribution in [2.45, 2.75) is 63.3 Å². The van der Waals surface area contributed by atoms with Crippen LogP contribution in [-0.2, 0) is 20.8 Å². The van der Waals surface area contributed by atoms with Crippen molar-refractivity contribution in [3.8, 4) is 11.1 Å². The molecule has 0 spiro atoms. The topological polar surface area (TPSA) is 69.7 Å². The number of carbonyl (C=O) groups is 3. The highest BCUT2D eigenvalue weighted by Gasteiger charge is 2.39. The molecule has 0 bridgehead atoms. The molecule has 36 heavy (non-hydrogen) atoms. The lowest BCUT2D eigenvalue weighted by Gasteiger charge is -2.34. The third kappa shape index (κ3) is 5.63. The van der Waals surface area contributed by atoms with Crippen LogP contribution in [0.1, 0.15) is 56.9 Å². The van der Waals surface area contributed by atoms with Crippen molar-refractivity contribution < 1.29 is 14.4 Å². The highest BCUT2D eigenvalue weighted by Crippen LogP contribution is 2.31. The van der Waals surface area contributed by atoms with Crippen LogP contribution in [0.15, 0.2) is 54.6 Å². The molecule has 6 nitrogen and oxygen atoms in total. The molecule has 1 atom stereocenters. The normalized spacial score (nSPS) is 22.6. The molecule has 3 aliphatic rings. The van der Waals surface area contributed by atoms with E-state index in [9.17, 15) is 14.4 Å². The van der Waals surface area contributed by atoms with Gasteiger partial charge in [0.1, 0.15) is 0 Å². The summed E-state index contributed by atoms with van der Waals surface area (Å²) in [5.74, 6) is 0.559. The fraction of sp³-hybridized carbons (Fsp3) is 0.500. The number of carbonyl (C=O) groups excluding carboxylic acids is 3. The second-order valence-electron chi connectivity index (χ2n) is 10.8. The van der Waals surface area contributed by atoms with Gasteiger partial charge in [-0.2, -0.15) is 0 Å². The maximum atomic E-state index is 13.1. The number of piperidine rings is 1. The number of nitrogens with one attached hydrogen (secondary N) is 1. The summed E-state index contributed by atoms with van der Waals surface area (Å²) in [7, 11) is 0. The van der Waals surface area contributed by atoms with Crippen LogP contribution in [0.3, 0.4) is 0 Å². The maximum absolute atomic E-state index is 13.1. The van der Waals surface area contributed by atoms with Crippen molar-refractivity contribution in [3.05, 3.63) is 60.2 Å². The van der Waals surface area contributed by atoms with E-state index in [4.69, 9.17) is 0 Å². The van der Waals surface area contributed by atoms with E-state index in [0.717, 1.165) is 51.6 Å². The number of nitrogens with zero attached hydrogens (tertiary/aromatic N) is 2. The molecule has 0 saturated carbocycles. The molecule has 3 amide bonds. The Kier molecular flexibility index (Phi) is 7.40. The SMILES string of the molecule is O=C1CC[C@](CCC(=O)N2CCC(C(=O)N3CCCC3)CC2)(Cc2ccc(-c3ccccc3)cc2)N1. The van der Waals surface area contributed by atoms with Gasteiger partial charge < -0.3 is 15.1 Å². The Morgan fingerprint density at radius 2 is 1.53 bits per heavy atom. The number of likely N-dealkylation sites (tertiary alicyclic amines) is 2. The van der Waals surface area contributed by atoms with E-state index in [-0.39, 0.29) is 29.2 Å². The zero-order chi connectivity index (χ0) is 25.0. The van der Waals surface area contributed by atoms with Crippen LogP contribution < -0.4 is 5.32 Å². The van der Waals surface area contributed by atoms with Gasteiger partial charge in [-0.25, -0.2) is 0 Å². The predicted octanol–water partition coefficient (Wildman–Crippen LogP) is 4.19. The Labute approximate surface area is 214 Å². The van der Waals surface area contributed by atoms with Crippen LogP contribution in [-0.4, -0.2) is 59.2 Å². The van der Waals surface area contributed by atoms with Crippen LogP contribution in [0.25, 0.3) is 11.1 Å². The van der Waals surface area contributed by atoms with Gasteiger partial charge in [-0.3, -0.25) is 14.4 Å². The molecule has 3 aliphatic heterocycles. The average molecular weight is 488 g/mol. The summed E-state index contributed by atoms with van der Waals surface area (Å²) in [6.45, 7) is 3.09. The molecular formula is C30H37N3O3. The van der Waals surface area contributed by atoms with E-state index in [2.05, 4.69) is 41.7 Å². The lowest BCUT2D eigenvalue weighted by Crippen LogP contribution is -2.46. The summed E-state index contributed by atoms with van der Waals surface area (Å²) in [5.41, 5.74) is 3.16. The quantitative estimate of drug-likeness (QED) is 0.637. The summed E-state index contributed by atoms with van der Waals surface area (Å²) in [6.07, 6.45) is 6.81. The second-order valence-corrected chi connectivity index (χ2v) is 10.8. The fourth-order valence-corrected chi connectivity index (χ4v) is 6.09. The van der Waals surface area contributed by atoms with Crippen LogP contribution >= 0.6 is 0 Å². The van der Waals surface area contributed by atoms with Gasteiger partial charge in [0.25, 0.3) is 0 Å². The van der Waals surface area contributed by atoms with Gasteiger partial charge in [-0.1, -0.05) is 54.6 Å². The van der Waals surface area contributed by atoms with Crippen LogP contribution in [0, 0.1) is 5.92 Å². The van der Waals surface area contributed by atoms with Gasteiger partial charge >= 0.3 is 0 Å². The van der Waals surface area contributed by atoms with E-state index in [1.165, 1.54) is 16.7 Å². The van der Waals surface area contributed by atoms with Gasteiger partial charge in [-0.05, 0) is 61.6 Å². The third-order valence-corrected chi connectivity index (χ3v) is 8.27. The standard InChI is InChI=1S/C30H37N3O3/c34-27-12-16-30(31-27,22-23-8-10-25(11-9-23)24-6-2-1-3-7-24)17-13-28(35)32-20-14-26(15-21-32)29(36)33-18-4-5-19-33/h1-3,6-11,26H,4-5,12-22H2,(H,31,34)/t30-/m0/s1. The Hall–Kier alpha value is -3.15. The van der Waals surface area contributed by atoms with Crippen molar-refractivity contribution in [1.29, 1.82) is 0 Å². The summed E-state index contributed by atoms with van der Waals surface area (Å²) >= 11 is 0.